The van der Waals surface area contributed by atoms with Crippen LogP contribution < -0.4 is 0 Å². The van der Waals surface area contributed by atoms with Crippen LogP contribution in [0.15, 0.2) is 75.5 Å². The lowest BCUT2D eigenvalue weighted by atomic mass is 9.34. The van der Waals surface area contributed by atoms with Crippen molar-refractivity contribution in [2.45, 2.75) is 86.5 Å². The highest BCUT2D eigenvalue weighted by Gasteiger charge is 2.67. The zero-order valence-electron chi connectivity index (χ0n) is 33.3. The molecule has 296 valence electrons. The van der Waals surface area contributed by atoms with Crippen molar-refractivity contribution in [1.29, 1.82) is 0 Å². The van der Waals surface area contributed by atoms with Gasteiger partial charge in [0.15, 0.2) is 5.76 Å². The number of aliphatic hydroxyl groups excluding tert-OH is 1. The molecule has 0 bridgehead atoms. The van der Waals surface area contributed by atoms with E-state index in [-0.39, 0.29) is 56.5 Å². The predicted octanol–water partition coefficient (Wildman–Crippen LogP) is 8.16. The molecular formula is C45H52FN3O6S. The summed E-state index contributed by atoms with van der Waals surface area (Å²) >= 11 is 0.737. The molecule has 7 aliphatic rings. The van der Waals surface area contributed by atoms with Gasteiger partial charge in [-0.05, 0) is 127 Å². The first-order valence-electron chi connectivity index (χ1n) is 20.0. The Morgan fingerprint density at radius 2 is 1.62 bits per heavy atom. The van der Waals surface area contributed by atoms with E-state index >= 15 is 0 Å². The number of allylic oxidation sites excluding steroid dienone is 7. The van der Waals surface area contributed by atoms with Gasteiger partial charge in [0.05, 0.1) is 4.91 Å². The number of carbonyl (C=O) groups is 5. The lowest BCUT2D eigenvalue weighted by Gasteiger charge is -2.70. The normalized spacial score (nSPS) is 36.4. The topological polar surface area (TPSA) is 115 Å². The first-order valence-corrected chi connectivity index (χ1v) is 20.8. The monoisotopic (exact) mass is 781 g/mol. The van der Waals surface area contributed by atoms with Crippen LogP contribution in [0.1, 0.15) is 92.1 Å². The fraction of sp³-hybridized carbons (Fsp3) is 0.533. The van der Waals surface area contributed by atoms with Crippen molar-refractivity contribution in [1.82, 2.24) is 14.7 Å². The Bertz CT molecular complexity index is 2150. The minimum absolute atomic E-state index is 0.0783. The van der Waals surface area contributed by atoms with Crippen molar-refractivity contribution in [3.05, 3.63) is 86.8 Å². The second-order valence-corrected chi connectivity index (χ2v) is 19.6. The van der Waals surface area contributed by atoms with Crippen LogP contribution in [-0.2, 0) is 19.2 Å². The fourth-order valence-electron chi connectivity index (χ4n) is 11.8. The molecule has 2 saturated heterocycles. The molecule has 9 nitrogen and oxygen atoms in total. The number of hydrogen-bond donors (Lipinski definition) is 1. The number of benzene rings is 1. The maximum Gasteiger partial charge on any atom is 0.294 e. The van der Waals surface area contributed by atoms with Crippen LogP contribution in [0, 0.1) is 38.8 Å². The molecule has 5 aliphatic carbocycles. The van der Waals surface area contributed by atoms with Crippen molar-refractivity contribution >= 4 is 46.6 Å². The largest absolute Gasteiger partial charge is 0.504 e. The number of imide groups is 1. The molecule has 2 heterocycles. The predicted molar refractivity (Wildman–Crippen MR) is 213 cm³/mol. The molecule has 3 saturated carbocycles. The van der Waals surface area contributed by atoms with Crippen LogP contribution in [0.4, 0.5) is 9.18 Å². The molecule has 56 heavy (non-hydrogen) atoms. The lowest BCUT2D eigenvalue weighted by molar-refractivity contribution is -0.175. The number of carbonyl (C=O) groups excluding carboxylic acids is 5. The van der Waals surface area contributed by atoms with Crippen LogP contribution in [-0.4, -0.2) is 81.3 Å². The summed E-state index contributed by atoms with van der Waals surface area (Å²) in [6, 6.07) is 5.74. The van der Waals surface area contributed by atoms with Gasteiger partial charge >= 0.3 is 0 Å². The number of nitrogens with zero attached hydrogens (tertiary/aromatic N) is 3. The average molecular weight is 782 g/mol. The van der Waals surface area contributed by atoms with Crippen LogP contribution in [0.25, 0.3) is 6.08 Å². The molecule has 8 rings (SSSR count). The van der Waals surface area contributed by atoms with E-state index in [1.54, 1.807) is 17.0 Å². The number of ketones is 1. The maximum atomic E-state index is 14.6. The number of piperazine rings is 1. The summed E-state index contributed by atoms with van der Waals surface area (Å²) in [5.74, 6) is -1.42. The summed E-state index contributed by atoms with van der Waals surface area (Å²) in [5.41, 5.74) is 3.45. The van der Waals surface area contributed by atoms with Crippen molar-refractivity contribution in [3.8, 4) is 0 Å². The Hall–Kier alpha value is -4.25. The number of hydrogen-bond acceptors (Lipinski definition) is 7. The molecule has 2 aliphatic heterocycles. The third kappa shape index (κ3) is 5.72. The minimum Gasteiger partial charge on any atom is -0.504 e. The number of rotatable bonds is 4. The van der Waals surface area contributed by atoms with E-state index in [4.69, 9.17) is 0 Å². The highest BCUT2D eigenvalue weighted by molar-refractivity contribution is 8.18. The summed E-state index contributed by atoms with van der Waals surface area (Å²) in [5, 5.41) is 9.95. The zero-order chi connectivity index (χ0) is 40.2. The van der Waals surface area contributed by atoms with Crippen molar-refractivity contribution < 1.29 is 33.5 Å². The second-order valence-electron chi connectivity index (χ2n) is 18.6. The third-order valence-electron chi connectivity index (χ3n) is 15.6. The highest BCUT2D eigenvalue weighted by Crippen LogP contribution is 2.75. The molecule has 5 fully saturated rings. The second kappa shape index (κ2) is 13.1. The van der Waals surface area contributed by atoms with Crippen LogP contribution in [0.3, 0.4) is 0 Å². The number of fused-ring (bicyclic) bond motifs is 7. The molecule has 4 amide bonds. The van der Waals surface area contributed by atoms with Gasteiger partial charge in [-0.15, -0.1) is 0 Å². The Morgan fingerprint density at radius 1 is 0.929 bits per heavy atom. The van der Waals surface area contributed by atoms with Crippen molar-refractivity contribution in [2.24, 2.45) is 33.0 Å². The first-order chi connectivity index (χ1) is 26.3. The van der Waals surface area contributed by atoms with Gasteiger partial charge < -0.3 is 14.9 Å². The van der Waals surface area contributed by atoms with E-state index < -0.39 is 22.4 Å². The van der Waals surface area contributed by atoms with Crippen LogP contribution in [0.2, 0.25) is 0 Å². The number of aliphatic hydroxyl groups is 1. The van der Waals surface area contributed by atoms with E-state index in [2.05, 4.69) is 46.8 Å². The van der Waals surface area contributed by atoms with Gasteiger partial charge in [0.1, 0.15) is 12.4 Å². The zero-order valence-corrected chi connectivity index (χ0v) is 34.1. The molecule has 0 spiro atoms. The van der Waals surface area contributed by atoms with E-state index in [0.717, 1.165) is 72.8 Å². The molecule has 1 aromatic rings. The fourth-order valence-corrected chi connectivity index (χ4v) is 12.6. The van der Waals surface area contributed by atoms with Crippen LogP contribution in [0.5, 0.6) is 0 Å². The number of amides is 4. The van der Waals surface area contributed by atoms with Crippen molar-refractivity contribution in [2.75, 3.05) is 32.7 Å². The van der Waals surface area contributed by atoms with E-state index in [0.29, 0.717) is 43.2 Å². The average Bonchev–Trinajstić information content (AvgIpc) is 3.42. The van der Waals surface area contributed by atoms with Gasteiger partial charge in [-0.25, -0.2) is 4.39 Å². The summed E-state index contributed by atoms with van der Waals surface area (Å²) in [6.45, 7) is 14.6. The molecule has 1 N–H and O–H groups in total. The molecular weight excluding hydrogens is 730 g/mol. The molecule has 0 aromatic heterocycles. The van der Waals surface area contributed by atoms with Gasteiger partial charge in [-0.2, -0.15) is 0 Å². The van der Waals surface area contributed by atoms with Crippen LogP contribution >= 0.6 is 11.8 Å². The summed E-state index contributed by atoms with van der Waals surface area (Å²) < 4.78 is 13.7. The van der Waals surface area contributed by atoms with E-state index in [9.17, 15) is 33.5 Å². The molecule has 6 atom stereocenters. The first kappa shape index (κ1) is 38.6. The van der Waals surface area contributed by atoms with E-state index in [1.165, 1.54) is 29.8 Å². The molecule has 0 unspecified atom stereocenters. The Balaban J connectivity index is 0.952. The summed E-state index contributed by atoms with van der Waals surface area (Å²) in [4.78, 5) is 71.3. The third-order valence-corrected chi connectivity index (χ3v) is 16.5. The minimum atomic E-state index is -0.576. The number of halogens is 1. The molecule has 11 heteroatoms. The smallest absolute Gasteiger partial charge is 0.294 e. The molecule has 0 radical (unpaired) electrons. The van der Waals surface area contributed by atoms with Gasteiger partial charge in [0.25, 0.3) is 11.1 Å². The highest BCUT2D eigenvalue weighted by atomic mass is 32.2. The Morgan fingerprint density at radius 3 is 2.34 bits per heavy atom. The summed E-state index contributed by atoms with van der Waals surface area (Å²) in [6.07, 6.45) is 14.1. The van der Waals surface area contributed by atoms with E-state index in [1.807, 2.05) is 11.8 Å². The Labute approximate surface area is 332 Å². The Kier molecular flexibility index (Phi) is 9.06. The lowest BCUT2D eigenvalue weighted by Crippen LogP contribution is -2.63. The van der Waals surface area contributed by atoms with Gasteiger partial charge in [-0.3, -0.25) is 28.9 Å². The standard InChI is InChI=1S/C45H52FN3O6S/c1-27-30-10-11-34-43(4,31(30)24-32(50)37(27)52)15-17-45(6)35-25-42(3,13-12-41(35,2)14-16-44(34,45)5)39(54)48-20-18-47(19-21-48)36(51)26-49-38(53)33(56-40(49)55)23-28-8-7-9-29(46)22-28/h7-11,22-24,35,52H,12-21,25-26H2,1-6H3/b33-23-/t35-,41-,42-,43+,44-,45+/m1/s1. The SMILES string of the molecule is CC1=C(O)C(=O)C=C2C1=CC=C1[C@@]2(C)CC[C@@]2(C)[C@@H]3C[C@](C)(C(=O)N4CCN(C(=O)CN5C(=O)S/C(=C\c6cccc(F)c6)C5=O)CC4)CC[C@]3(C)CC[C@]12C. The quantitative estimate of drug-likeness (QED) is 0.307. The summed E-state index contributed by atoms with van der Waals surface area (Å²) in [7, 11) is 0. The van der Waals surface area contributed by atoms with Gasteiger partial charge in [0.2, 0.25) is 17.6 Å². The molecule has 1 aromatic carbocycles. The van der Waals surface area contributed by atoms with Gasteiger partial charge in [0, 0.05) is 42.6 Å². The number of thioether (sulfide) groups is 1. The van der Waals surface area contributed by atoms with Gasteiger partial charge in [-0.1, -0.05) is 64.5 Å². The van der Waals surface area contributed by atoms with Crippen molar-refractivity contribution in [3.63, 3.8) is 0 Å². The maximum absolute atomic E-state index is 14.6.